The highest BCUT2D eigenvalue weighted by Crippen LogP contribution is 2.46. The molecule has 0 aliphatic carbocycles. The fraction of sp³-hybridized carbons (Fsp3) is 0.640. The summed E-state index contributed by atoms with van der Waals surface area (Å²) in [7, 11) is 3.83. The van der Waals surface area contributed by atoms with E-state index < -0.39 is 41.9 Å². The lowest BCUT2D eigenvalue weighted by molar-refractivity contribution is -0.180. The number of carbonyl (C=O) groups is 3. The Morgan fingerprint density at radius 3 is 2.15 bits per heavy atom. The lowest BCUT2D eigenvalue weighted by atomic mass is 9.76. The molecule has 0 amide bonds. The van der Waals surface area contributed by atoms with Crippen LogP contribution in [0.3, 0.4) is 0 Å². The maximum Gasteiger partial charge on any atom is 0.313 e. The lowest BCUT2D eigenvalue weighted by Gasteiger charge is -2.46. The van der Waals surface area contributed by atoms with Gasteiger partial charge in [-0.15, -0.1) is 0 Å². The molecular formula is C25H32N2O6. The predicted octanol–water partition coefficient (Wildman–Crippen LogP) is 1.42. The lowest BCUT2D eigenvalue weighted by Crippen LogP contribution is -2.61. The van der Waals surface area contributed by atoms with Crippen molar-refractivity contribution in [1.29, 1.82) is 0 Å². The zero-order valence-electron chi connectivity index (χ0n) is 19.0. The highest BCUT2D eigenvalue weighted by molar-refractivity contribution is 5.99. The molecule has 2 N–H and O–H groups in total. The Morgan fingerprint density at radius 1 is 0.879 bits per heavy atom. The first-order valence-corrected chi connectivity index (χ1v) is 11.9. The van der Waals surface area contributed by atoms with E-state index in [1.807, 2.05) is 25.1 Å². The zero-order chi connectivity index (χ0) is 23.4. The van der Waals surface area contributed by atoms with Crippen LogP contribution in [0.5, 0.6) is 0 Å². The van der Waals surface area contributed by atoms with Crippen LogP contribution in [0, 0.1) is 17.8 Å². The summed E-state index contributed by atoms with van der Waals surface area (Å²) in [5, 5.41) is 20.9. The molecule has 0 saturated carbocycles. The number of ether oxygens (including phenoxy) is 1. The Hall–Kier alpha value is -2.29. The maximum atomic E-state index is 13.6. The van der Waals surface area contributed by atoms with E-state index in [0.717, 1.165) is 12.8 Å². The Labute approximate surface area is 193 Å². The van der Waals surface area contributed by atoms with Gasteiger partial charge in [0, 0.05) is 29.7 Å². The molecule has 33 heavy (non-hydrogen) atoms. The number of aliphatic hydroxyl groups excluding tert-OH is 1. The van der Waals surface area contributed by atoms with Crippen molar-refractivity contribution in [2.24, 2.45) is 17.8 Å². The third-order valence-corrected chi connectivity index (χ3v) is 8.75. The Kier molecular flexibility index (Phi) is 5.79. The van der Waals surface area contributed by atoms with Crippen molar-refractivity contribution in [2.45, 2.75) is 68.5 Å². The van der Waals surface area contributed by atoms with Crippen molar-refractivity contribution >= 4 is 17.7 Å². The quantitative estimate of drug-likeness (QED) is 0.506. The van der Waals surface area contributed by atoms with E-state index in [1.54, 1.807) is 24.3 Å². The van der Waals surface area contributed by atoms with E-state index in [1.165, 1.54) is 0 Å². The van der Waals surface area contributed by atoms with Gasteiger partial charge in [-0.1, -0.05) is 30.3 Å². The minimum Gasteiger partial charge on any atom is -0.481 e. The number of Topliss-reactive ketones (excluding diaryl/α,β-unsaturated/α-hetero) is 1. The average molecular weight is 457 g/mol. The van der Waals surface area contributed by atoms with E-state index in [0.29, 0.717) is 24.8 Å². The van der Waals surface area contributed by atoms with Crippen LogP contribution in [0.25, 0.3) is 0 Å². The smallest absolute Gasteiger partial charge is 0.313 e. The number of rotatable bonds is 5. The van der Waals surface area contributed by atoms with Gasteiger partial charge in [0.25, 0.3) is 0 Å². The van der Waals surface area contributed by atoms with E-state index >= 15 is 0 Å². The molecule has 4 fully saturated rings. The van der Waals surface area contributed by atoms with E-state index in [-0.39, 0.29) is 30.0 Å². The topological polar surface area (TPSA) is 107 Å². The van der Waals surface area contributed by atoms with Crippen LogP contribution in [0.2, 0.25) is 0 Å². The molecule has 0 spiro atoms. The van der Waals surface area contributed by atoms with Crippen molar-refractivity contribution in [1.82, 2.24) is 9.80 Å². The van der Waals surface area contributed by atoms with Crippen molar-refractivity contribution in [3.8, 4) is 0 Å². The van der Waals surface area contributed by atoms with Gasteiger partial charge < -0.3 is 14.9 Å². The van der Waals surface area contributed by atoms with Gasteiger partial charge in [-0.2, -0.15) is 0 Å². The fourth-order valence-corrected chi connectivity index (χ4v) is 7.06. The summed E-state index contributed by atoms with van der Waals surface area (Å²) in [5.41, 5.74) is 0.488. The summed E-state index contributed by atoms with van der Waals surface area (Å²) in [6.45, 7) is 0. The number of benzene rings is 1. The number of aliphatic carboxylic acids is 1. The molecule has 178 valence electrons. The second kappa shape index (κ2) is 8.49. The van der Waals surface area contributed by atoms with Gasteiger partial charge in [-0.25, -0.2) is 0 Å². The fourth-order valence-electron chi connectivity index (χ4n) is 7.06. The molecule has 0 radical (unpaired) electrons. The maximum absolute atomic E-state index is 13.6. The SMILES string of the molecule is CN1[C@H]2CC[C@@H]1[C@@H](C(=O)O[C@H]1C(C(=O)c3ccccc3)[C@@H]3CC[C@H]([C@H]1C(=O)O)N3C)[C@@H](O)C2. The largest absolute Gasteiger partial charge is 0.481 e. The molecule has 4 heterocycles. The molecule has 1 aromatic carbocycles. The van der Waals surface area contributed by atoms with E-state index in [2.05, 4.69) is 4.90 Å². The number of hydrogen-bond acceptors (Lipinski definition) is 7. The number of fused-ring (bicyclic) bond motifs is 4. The standard InChI is InChI=1S/C25H32N2O6/c1-26-14-8-9-15(26)19(18(28)12-14)25(32)33-23-20(22(29)13-6-4-3-5-7-13)16-10-11-17(27(16)2)21(23)24(30)31/h3-7,14-21,23,28H,8-12H2,1-2H3,(H,30,31)/t14-,15+,16-,17+,18-,19+,20?,21+,23-/m0/s1. The summed E-state index contributed by atoms with van der Waals surface area (Å²) in [4.78, 5) is 43.7. The second-order valence-electron chi connectivity index (χ2n) is 10.2. The highest BCUT2D eigenvalue weighted by Gasteiger charge is 2.59. The third kappa shape index (κ3) is 3.59. The summed E-state index contributed by atoms with van der Waals surface area (Å²) in [5.74, 6) is -4.32. The number of hydrogen-bond donors (Lipinski definition) is 2. The monoisotopic (exact) mass is 456 g/mol. The van der Waals surface area contributed by atoms with Gasteiger partial charge in [0.05, 0.1) is 17.9 Å². The number of carbonyl (C=O) groups excluding carboxylic acids is 2. The van der Waals surface area contributed by atoms with Crippen LogP contribution in [-0.2, 0) is 14.3 Å². The van der Waals surface area contributed by atoms with Crippen LogP contribution >= 0.6 is 0 Å². The number of carboxylic acid groups (broad SMARTS) is 1. The van der Waals surface area contributed by atoms with Gasteiger partial charge in [-0.05, 0) is 46.2 Å². The molecule has 8 nitrogen and oxygen atoms in total. The summed E-state index contributed by atoms with van der Waals surface area (Å²) < 4.78 is 6.00. The molecule has 0 aromatic heterocycles. The molecule has 1 unspecified atom stereocenters. The molecular weight excluding hydrogens is 424 g/mol. The van der Waals surface area contributed by atoms with E-state index in [4.69, 9.17) is 4.74 Å². The highest BCUT2D eigenvalue weighted by atomic mass is 16.5. The number of piperidine rings is 2. The zero-order valence-corrected chi connectivity index (χ0v) is 19.0. The van der Waals surface area contributed by atoms with E-state index in [9.17, 15) is 24.6 Å². The normalized spacial score (nSPS) is 40.5. The van der Waals surface area contributed by atoms with Crippen molar-refractivity contribution in [3.63, 3.8) is 0 Å². The predicted molar refractivity (Wildman–Crippen MR) is 119 cm³/mol. The first kappa shape index (κ1) is 22.5. The molecule has 4 bridgehead atoms. The summed E-state index contributed by atoms with van der Waals surface area (Å²) in [6.07, 6.45) is 1.66. The van der Waals surface area contributed by atoms with Crippen LogP contribution in [-0.4, -0.2) is 88.2 Å². The molecule has 4 aliphatic rings. The number of carboxylic acids is 1. The van der Waals surface area contributed by atoms with Gasteiger partial charge in [0.1, 0.15) is 12.0 Å². The Morgan fingerprint density at radius 2 is 1.48 bits per heavy atom. The molecule has 4 saturated heterocycles. The van der Waals surface area contributed by atoms with Crippen LogP contribution in [0.1, 0.15) is 42.5 Å². The number of esters is 1. The molecule has 5 rings (SSSR count). The van der Waals surface area contributed by atoms with Crippen LogP contribution in [0.4, 0.5) is 0 Å². The van der Waals surface area contributed by atoms with Crippen molar-refractivity contribution in [3.05, 3.63) is 35.9 Å². The third-order valence-electron chi connectivity index (χ3n) is 8.75. The minimum absolute atomic E-state index is 0.124. The number of ketones is 1. The molecule has 4 aliphatic heterocycles. The first-order valence-electron chi connectivity index (χ1n) is 11.9. The number of nitrogens with zero attached hydrogens (tertiary/aromatic N) is 2. The van der Waals surface area contributed by atoms with Gasteiger partial charge in [0.15, 0.2) is 5.78 Å². The van der Waals surface area contributed by atoms with Gasteiger partial charge in [0.2, 0.25) is 0 Å². The summed E-state index contributed by atoms with van der Waals surface area (Å²) >= 11 is 0. The molecule has 9 atom stereocenters. The number of aliphatic hydroxyl groups is 1. The minimum atomic E-state index is -1.06. The average Bonchev–Trinajstić information content (AvgIpc) is 3.18. The van der Waals surface area contributed by atoms with Crippen molar-refractivity contribution in [2.75, 3.05) is 14.1 Å². The Balaban J connectivity index is 1.48. The van der Waals surface area contributed by atoms with Crippen molar-refractivity contribution < 1.29 is 29.3 Å². The summed E-state index contributed by atoms with van der Waals surface area (Å²) in [6, 6.07) is 8.46. The Bertz CT molecular complexity index is 938. The van der Waals surface area contributed by atoms with Gasteiger partial charge in [-0.3, -0.25) is 24.2 Å². The van der Waals surface area contributed by atoms with Crippen LogP contribution in [0.15, 0.2) is 30.3 Å². The molecule has 8 heteroatoms. The van der Waals surface area contributed by atoms with Gasteiger partial charge >= 0.3 is 11.9 Å². The molecule has 1 aromatic rings. The second-order valence-corrected chi connectivity index (χ2v) is 10.2. The first-order chi connectivity index (χ1) is 15.8. The van der Waals surface area contributed by atoms with Crippen LogP contribution < -0.4 is 0 Å².